The summed E-state index contributed by atoms with van der Waals surface area (Å²) < 4.78 is 39.2. The molecule has 1 unspecified atom stereocenters. The fourth-order valence-electron chi connectivity index (χ4n) is 1.47. The maximum atomic E-state index is 13.0. The average Bonchev–Trinajstić information content (AvgIpc) is 2.36. The van der Waals surface area contributed by atoms with Crippen LogP contribution < -0.4 is 4.72 Å². The van der Waals surface area contributed by atoms with E-state index in [0.717, 1.165) is 12.1 Å². The molecule has 0 fully saturated rings. The molecule has 0 bridgehead atoms. The number of sulfonamides is 1. The van der Waals surface area contributed by atoms with Crippen molar-refractivity contribution in [3.05, 3.63) is 30.1 Å². The van der Waals surface area contributed by atoms with Gasteiger partial charge < -0.3 is 4.90 Å². The summed E-state index contributed by atoms with van der Waals surface area (Å²) >= 11 is 0. The Balaban J connectivity index is 2.89. The number of rotatable bonds is 5. The Labute approximate surface area is 112 Å². The van der Waals surface area contributed by atoms with E-state index in [2.05, 4.69) is 4.72 Å². The summed E-state index contributed by atoms with van der Waals surface area (Å²) in [5.41, 5.74) is 0. The van der Waals surface area contributed by atoms with E-state index in [1.165, 1.54) is 24.0 Å². The first-order valence-electron chi connectivity index (χ1n) is 5.80. The summed E-state index contributed by atoms with van der Waals surface area (Å²) in [6.07, 6.45) is 0. The van der Waals surface area contributed by atoms with Crippen LogP contribution in [0.1, 0.15) is 13.8 Å². The summed E-state index contributed by atoms with van der Waals surface area (Å²) in [6, 6.07) is 3.72. The first-order chi connectivity index (χ1) is 8.77. The minimum absolute atomic E-state index is 0.202. The van der Waals surface area contributed by atoms with Crippen molar-refractivity contribution in [3.8, 4) is 0 Å². The number of carbonyl (C=O) groups is 1. The molecule has 0 aromatic heterocycles. The van der Waals surface area contributed by atoms with Crippen molar-refractivity contribution in [2.24, 2.45) is 0 Å². The Morgan fingerprint density at radius 2 is 2.11 bits per heavy atom. The molecule has 1 rings (SSSR count). The van der Waals surface area contributed by atoms with Crippen LogP contribution in [0.25, 0.3) is 0 Å². The molecule has 19 heavy (non-hydrogen) atoms. The van der Waals surface area contributed by atoms with Crippen molar-refractivity contribution >= 4 is 15.9 Å². The smallest absolute Gasteiger partial charge is 0.241 e. The zero-order valence-corrected chi connectivity index (χ0v) is 11.9. The highest BCUT2D eigenvalue weighted by Crippen LogP contribution is 2.11. The molecule has 1 amide bonds. The van der Waals surface area contributed by atoms with Crippen molar-refractivity contribution in [2.75, 3.05) is 13.6 Å². The molecular formula is C12H17FN2O3S. The molecule has 0 aliphatic heterocycles. The van der Waals surface area contributed by atoms with Gasteiger partial charge >= 0.3 is 0 Å². The fourth-order valence-corrected chi connectivity index (χ4v) is 2.70. The predicted octanol–water partition coefficient (Wildman–Crippen LogP) is 0.971. The van der Waals surface area contributed by atoms with Crippen LogP contribution in [0.2, 0.25) is 0 Å². The topological polar surface area (TPSA) is 66.5 Å². The van der Waals surface area contributed by atoms with Gasteiger partial charge in [-0.15, -0.1) is 0 Å². The summed E-state index contributed by atoms with van der Waals surface area (Å²) in [5.74, 6) is -0.991. The zero-order chi connectivity index (χ0) is 14.6. The number of nitrogens with one attached hydrogen (secondary N) is 1. The van der Waals surface area contributed by atoms with Gasteiger partial charge in [0.1, 0.15) is 5.82 Å². The third-order valence-corrected chi connectivity index (χ3v) is 4.20. The van der Waals surface area contributed by atoms with Gasteiger partial charge in [-0.3, -0.25) is 4.79 Å². The lowest BCUT2D eigenvalue weighted by Crippen LogP contribution is -2.45. The van der Waals surface area contributed by atoms with Gasteiger partial charge in [0.2, 0.25) is 15.9 Å². The monoisotopic (exact) mass is 288 g/mol. The van der Waals surface area contributed by atoms with Gasteiger partial charge in [-0.25, -0.2) is 12.8 Å². The van der Waals surface area contributed by atoms with Crippen LogP contribution >= 0.6 is 0 Å². The number of nitrogens with zero attached hydrogens (tertiary/aromatic N) is 1. The van der Waals surface area contributed by atoms with E-state index in [1.807, 2.05) is 0 Å². The van der Waals surface area contributed by atoms with Crippen molar-refractivity contribution in [2.45, 2.75) is 24.8 Å². The molecule has 1 N–H and O–H groups in total. The van der Waals surface area contributed by atoms with E-state index in [0.29, 0.717) is 6.54 Å². The van der Waals surface area contributed by atoms with Crippen LogP contribution in [0, 0.1) is 5.82 Å². The van der Waals surface area contributed by atoms with E-state index < -0.39 is 21.9 Å². The van der Waals surface area contributed by atoms with Crippen LogP contribution in [0.15, 0.2) is 29.2 Å². The van der Waals surface area contributed by atoms with Crippen molar-refractivity contribution in [1.82, 2.24) is 9.62 Å². The van der Waals surface area contributed by atoms with Gasteiger partial charge in [-0.05, 0) is 32.0 Å². The highest BCUT2D eigenvalue weighted by molar-refractivity contribution is 7.89. The minimum Gasteiger partial charge on any atom is -0.345 e. The molecule has 106 valence electrons. The number of hydrogen-bond acceptors (Lipinski definition) is 3. The Kier molecular flexibility index (Phi) is 5.02. The average molecular weight is 288 g/mol. The lowest BCUT2D eigenvalue weighted by atomic mass is 10.3. The Morgan fingerprint density at radius 1 is 1.47 bits per heavy atom. The molecule has 0 saturated heterocycles. The maximum absolute atomic E-state index is 13.0. The van der Waals surface area contributed by atoms with Gasteiger partial charge in [0.25, 0.3) is 0 Å². The molecule has 0 radical (unpaired) electrons. The van der Waals surface area contributed by atoms with Crippen LogP contribution in [-0.4, -0.2) is 38.9 Å². The number of halogens is 1. The molecule has 0 aliphatic carbocycles. The molecule has 0 saturated carbocycles. The standard InChI is InChI=1S/C12H17FN2O3S/c1-4-15(3)12(16)9(2)14-19(17,18)11-7-5-6-10(13)8-11/h5-9,14H,4H2,1-3H3. The Morgan fingerprint density at radius 3 is 2.63 bits per heavy atom. The van der Waals surface area contributed by atoms with Gasteiger partial charge in [-0.2, -0.15) is 4.72 Å². The third kappa shape index (κ3) is 4.00. The summed E-state index contributed by atoms with van der Waals surface area (Å²) in [5, 5.41) is 0. The van der Waals surface area contributed by atoms with Gasteiger partial charge in [-0.1, -0.05) is 6.07 Å². The lowest BCUT2D eigenvalue weighted by molar-refractivity contribution is -0.131. The van der Waals surface area contributed by atoms with Crippen LogP contribution in [0.4, 0.5) is 4.39 Å². The number of likely N-dealkylation sites (N-methyl/N-ethyl adjacent to an activating group) is 1. The van der Waals surface area contributed by atoms with Gasteiger partial charge in [0.05, 0.1) is 10.9 Å². The molecule has 0 heterocycles. The van der Waals surface area contributed by atoms with Gasteiger partial charge in [0.15, 0.2) is 0 Å². The van der Waals surface area contributed by atoms with Crippen molar-refractivity contribution < 1.29 is 17.6 Å². The number of benzene rings is 1. The summed E-state index contributed by atoms with van der Waals surface area (Å²) in [7, 11) is -2.33. The fraction of sp³-hybridized carbons (Fsp3) is 0.417. The second-order valence-electron chi connectivity index (χ2n) is 4.15. The predicted molar refractivity (Wildman–Crippen MR) is 69.5 cm³/mol. The number of carbonyl (C=O) groups excluding carboxylic acids is 1. The van der Waals surface area contributed by atoms with Crippen molar-refractivity contribution in [3.63, 3.8) is 0 Å². The molecule has 0 aliphatic rings. The Hall–Kier alpha value is -1.47. The first kappa shape index (κ1) is 15.6. The lowest BCUT2D eigenvalue weighted by Gasteiger charge is -2.20. The molecule has 1 atom stereocenters. The molecule has 5 nitrogen and oxygen atoms in total. The SMILES string of the molecule is CCN(C)C(=O)C(C)NS(=O)(=O)c1cccc(F)c1. The second-order valence-corrected chi connectivity index (χ2v) is 5.87. The third-order valence-electron chi connectivity index (χ3n) is 2.66. The highest BCUT2D eigenvalue weighted by atomic mass is 32.2. The van der Waals surface area contributed by atoms with Gasteiger partial charge in [0, 0.05) is 13.6 Å². The van der Waals surface area contributed by atoms with Crippen molar-refractivity contribution in [1.29, 1.82) is 0 Å². The summed E-state index contributed by atoms with van der Waals surface area (Å²) in [6.45, 7) is 3.71. The van der Waals surface area contributed by atoms with E-state index in [1.54, 1.807) is 14.0 Å². The summed E-state index contributed by atoms with van der Waals surface area (Å²) in [4.78, 5) is 13.0. The molecule has 0 spiro atoms. The highest BCUT2D eigenvalue weighted by Gasteiger charge is 2.23. The normalized spacial score (nSPS) is 13.1. The van der Waals surface area contributed by atoms with Crippen LogP contribution in [0.3, 0.4) is 0 Å². The quantitative estimate of drug-likeness (QED) is 0.878. The zero-order valence-electron chi connectivity index (χ0n) is 11.1. The van der Waals surface area contributed by atoms with E-state index in [9.17, 15) is 17.6 Å². The molecule has 7 heteroatoms. The molecular weight excluding hydrogens is 271 g/mol. The van der Waals surface area contributed by atoms with Crippen LogP contribution in [0.5, 0.6) is 0 Å². The minimum atomic E-state index is -3.91. The first-order valence-corrected chi connectivity index (χ1v) is 7.29. The number of hydrogen-bond donors (Lipinski definition) is 1. The maximum Gasteiger partial charge on any atom is 0.241 e. The van der Waals surface area contributed by atoms with Crippen LogP contribution in [-0.2, 0) is 14.8 Å². The van der Waals surface area contributed by atoms with E-state index in [4.69, 9.17) is 0 Å². The van der Waals surface area contributed by atoms with E-state index >= 15 is 0 Å². The van der Waals surface area contributed by atoms with E-state index in [-0.39, 0.29) is 10.8 Å². The largest absolute Gasteiger partial charge is 0.345 e. The molecule has 1 aromatic carbocycles. The Bertz CT molecular complexity index is 560. The second kappa shape index (κ2) is 6.12. The number of amides is 1. The molecule has 1 aromatic rings.